The Kier molecular flexibility index (Phi) is 5.15. The molecule has 0 bridgehead atoms. The molecule has 0 aromatic heterocycles. The van der Waals surface area contributed by atoms with Crippen LogP contribution in [0.2, 0.25) is 0 Å². The molecule has 1 aromatic carbocycles. The lowest BCUT2D eigenvalue weighted by Crippen LogP contribution is -2.18. The highest BCUT2D eigenvalue weighted by atomic mass is 79.9. The maximum absolute atomic E-state index is 11.3. The molecule has 0 saturated heterocycles. The second kappa shape index (κ2) is 6.39. The Morgan fingerprint density at radius 3 is 2.59 bits per heavy atom. The van der Waals surface area contributed by atoms with E-state index in [9.17, 15) is 9.59 Å². The molecule has 1 rings (SSSR count). The highest BCUT2D eigenvalue weighted by molar-refractivity contribution is 9.10. The molecule has 4 nitrogen and oxygen atoms in total. The van der Waals surface area contributed by atoms with Crippen molar-refractivity contribution in [2.24, 2.45) is 0 Å². The van der Waals surface area contributed by atoms with Crippen LogP contribution < -0.4 is 0 Å². The van der Waals surface area contributed by atoms with Gasteiger partial charge in [-0.3, -0.25) is 9.59 Å². The maximum atomic E-state index is 11.3. The standard InChI is InChI=1S/C12H13BrO4/c1-2-17-11(14)7-9(12(15)16)8-5-3-4-6-10(8)13/h3-6,9H,2,7H2,1H3,(H,15,16). The minimum Gasteiger partial charge on any atom is -0.481 e. The molecule has 0 saturated carbocycles. The van der Waals surface area contributed by atoms with Crippen LogP contribution in [0.3, 0.4) is 0 Å². The third-order valence-corrected chi connectivity index (χ3v) is 2.98. The minimum atomic E-state index is -1.04. The number of carboxylic acid groups (broad SMARTS) is 1. The molecule has 0 aliphatic rings. The molecule has 0 aliphatic heterocycles. The number of halogens is 1. The van der Waals surface area contributed by atoms with Gasteiger partial charge in [-0.2, -0.15) is 0 Å². The highest BCUT2D eigenvalue weighted by Crippen LogP contribution is 2.27. The van der Waals surface area contributed by atoms with Crippen molar-refractivity contribution in [2.75, 3.05) is 6.61 Å². The second-order valence-corrected chi connectivity index (χ2v) is 4.28. The van der Waals surface area contributed by atoms with Crippen LogP contribution in [-0.2, 0) is 14.3 Å². The maximum Gasteiger partial charge on any atom is 0.311 e. The van der Waals surface area contributed by atoms with Crippen molar-refractivity contribution in [2.45, 2.75) is 19.3 Å². The Bertz CT molecular complexity index is 417. The summed E-state index contributed by atoms with van der Waals surface area (Å²) >= 11 is 3.28. The molecule has 0 heterocycles. The lowest BCUT2D eigenvalue weighted by Gasteiger charge is -2.13. The number of aliphatic carboxylic acids is 1. The zero-order valence-electron chi connectivity index (χ0n) is 9.35. The zero-order chi connectivity index (χ0) is 12.8. The summed E-state index contributed by atoms with van der Waals surface area (Å²) in [6.07, 6.45) is -0.161. The highest BCUT2D eigenvalue weighted by Gasteiger charge is 2.25. The van der Waals surface area contributed by atoms with Crippen molar-refractivity contribution >= 4 is 27.9 Å². The van der Waals surface area contributed by atoms with E-state index >= 15 is 0 Å². The molecule has 0 fully saturated rings. The summed E-state index contributed by atoms with van der Waals surface area (Å²) in [5, 5.41) is 9.14. The first-order chi connectivity index (χ1) is 8.06. The Hall–Kier alpha value is -1.36. The summed E-state index contributed by atoms with van der Waals surface area (Å²) in [5.41, 5.74) is 0.577. The molecule has 0 spiro atoms. The fourth-order valence-electron chi connectivity index (χ4n) is 1.47. The fraction of sp³-hybridized carbons (Fsp3) is 0.333. The van der Waals surface area contributed by atoms with E-state index in [1.807, 2.05) is 0 Å². The lowest BCUT2D eigenvalue weighted by molar-refractivity contribution is -0.148. The van der Waals surface area contributed by atoms with Crippen molar-refractivity contribution in [3.8, 4) is 0 Å². The number of carbonyl (C=O) groups is 2. The molecule has 1 atom stereocenters. The van der Waals surface area contributed by atoms with Crippen molar-refractivity contribution in [1.82, 2.24) is 0 Å². The van der Waals surface area contributed by atoms with Crippen molar-refractivity contribution in [3.63, 3.8) is 0 Å². The smallest absolute Gasteiger partial charge is 0.311 e. The summed E-state index contributed by atoms with van der Waals surface area (Å²) in [6.45, 7) is 1.94. The van der Waals surface area contributed by atoms with Crippen LogP contribution in [0.1, 0.15) is 24.8 Å². The topological polar surface area (TPSA) is 63.6 Å². The van der Waals surface area contributed by atoms with E-state index in [1.165, 1.54) is 0 Å². The van der Waals surface area contributed by atoms with Gasteiger partial charge in [0, 0.05) is 4.47 Å². The molecular formula is C12H13BrO4. The number of esters is 1. The van der Waals surface area contributed by atoms with Crippen molar-refractivity contribution in [3.05, 3.63) is 34.3 Å². The van der Waals surface area contributed by atoms with E-state index in [2.05, 4.69) is 15.9 Å². The Morgan fingerprint density at radius 2 is 2.06 bits per heavy atom. The monoisotopic (exact) mass is 300 g/mol. The van der Waals surface area contributed by atoms with Crippen LogP contribution in [0.5, 0.6) is 0 Å². The third-order valence-electron chi connectivity index (χ3n) is 2.25. The number of benzene rings is 1. The van der Waals surface area contributed by atoms with Gasteiger partial charge in [0.25, 0.3) is 0 Å². The van der Waals surface area contributed by atoms with Crippen LogP contribution in [0.4, 0.5) is 0 Å². The number of carboxylic acids is 1. The van der Waals surface area contributed by atoms with E-state index in [4.69, 9.17) is 9.84 Å². The molecule has 0 aliphatic carbocycles. The first-order valence-electron chi connectivity index (χ1n) is 5.19. The first kappa shape index (κ1) is 13.7. The number of hydrogen-bond acceptors (Lipinski definition) is 3. The SMILES string of the molecule is CCOC(=O)CC(C(=O)O)c1ccccc1Br. The Labute approximate surface area is 108 Å². The van der Waals surface area contributed by atoms with Crippen LogP contribution in [0.15, 0.2) is 28.7 Å². The molecule has 1 unspecified atom stereocenters. The van der Waals surface area contributed by atoms with Crippen LogP contribution in [0, 0.1) is 0 Å². The number of carbonyl (C=O) groups excluding carboxylic acids is 1. The molecular weight excluding hydrogens is 288 g/mol. The van der Waals surface area contributed by atoms with Crippen LogP contribution in [0.25, 0.3) is 0 Å². The minimum absolute atomic E-state index is 0.161. The van der Waals surface area contributed by atoms with E-state index < -0.39 is 17.9 Å². The largest absolute Gasteiger partial charge is 0.481 e. The molecule has 17 heavy (non-hydrogen) atoms. The zero-order valence-corrected chi connectivity index (χ0v) is 10.9. The number of ether oxygens (including phenoxy) is 1. The van der Waals surface area contributed by atoms with Gasteiger partial charge in [0.15, 0.2) is 0 Å². The summed E-state index contributed by atoms with van der Waals surface area (Å²) in [4.78, 5) is 22.5. The fourth-order valence-corrected chi connectivity index (χ4v) is 2.04. The second-order valence-electron chi connectivity index (χ2n) is 3.42. The van der Waals surface area contributed by atoms with Gasteiger partial charge in [-0.15, -0.1) is 0 Å². The van der Waals surface area contributed by atoms with E-state index in [-0.39, 0.29) is 13.0 Å². The van der Waals surface area contributed by atoms with Gasteiger partial charge in [0.1, 0.15) is 0 Å². The predicted molar refractivity (Wildman–Crippen MR) is 65.8 cm³/mol. The van der Waals surface area contributed by atoms with Gasteiger partial charge >= 0.3 is 11.9 Å². The molecule has 0 radical (unpaired) electrons. The Morgan fingerprint density at radius 1 is 1.41 bits per heavy atom. The van der Waals surface area contributed by atoms with Gasteiger partial charge in [-0.1, -0.05) is 34.1 Å². The quantitative estimate of drug-likeness (QED) is 0.849. The van der Waals surface area contributed by atoms with E-state index in [0.29, 0.717) is 10.0 Å². The van der Waals surface area contributed by atoms with Crippen LogP contribution >= 0.6 is 15.9 Å². The van der Waals surface area contributed by atoms with E-state index in [1.54, 1.807) is 31.2 Å². The summed E-state index contributed by atoms with van der Waals surface area (Å²) in [5.74, 6) is -2.43. The average Bonchev–Trinajstić information content (AvgIpc) is 2.27. The summed E-state index contributed by atoms with van der Waals surface area (Å²) < 4.78 is 5.44. The number of hydrogen-bond donors (Lipinski definition) is 1. The molecule has 1 aromatic rings. The van der Waals surface area contributed by atoms with Crippen molar-refractivity contribution < 1.29 is 19.4 Å². The number of rotatable bonds is 5. The van der Waals surface area contributed by atoms with Gasteiger partial charge in [0.05, 0.1) is 18.9 Å². The van der Waals surface area contributed by atoms with Gasteiger partial charge in [-0.05, 0) is 18.6 Å². The van der Waals surface area contributed by atoms with E-state index in [0.717, 1.165) is 0 Å². The predicted octanol–water partition coefficient (Wildman–Crippen LogP) is 2.57. The average molecular weight is 301 g/mol. The normalized spacial score (nSPS) is 11.9. The summed E-state index contributed by atoms with van der Waals surface area (Å²) in [7, 11) is 0. The van der Waals surface area contributed by atoms with Gasteiger partial charge in [-0.25, -0.2) is 0 Å². The van der Waals surface area contributed by atoms with Gasteiger partial charge in [0.2, 0.25) is 0 Å². The van der Waals surface area contributed by atoms with Crippen LogP contribution in [-0.4, -0.2) is 23.7 Å². The molecule has 92 valence electrons. The van der Waals surface area contributed by atoms with Gasteiger partial charge < -0.3 is 9.84 Å². The molecule has 0 amide bonds. The Balaban J connectivity index is 2.91. The third kappa shape index (κ3) is 3.85. The summed E-state index contributed by atoms with van der Waals surface area (Å²) in [6, 6.07) is 6.95. The molecule has 5 heteroatoms. The lowest BCUT2D eigenvalue weighted by atomic mass is 9.96. The first-order valence-corrected chi connectivity index (χ1v) is 5.98. The molecule has 1 N–H and O–H groups in total. The van der Waals surface area contributed by atoms with Crippen molar-refractivity contribution in [1.29, 1.82) is 0 Å².